The Morgan fingerprint density at radius 1 is 1.35 bits per heavy atom. The molecule has 3 N–H and O–H groups in total. The fourth-order valence-corrected chi connectivity index (χ4v) is 2.82. The molecule has 9 heteroatoms. The smallest absolute Gasteiger partial charge is 0.265 e. The fraction of sp³-hybridized carbons (Fsp3) is 0.364. The van der Waals surface area contributed by atoms with Crippen LogP contribution in [0.3, 0.4) is 0 Å². The van der Waals surface area contributed by atoms with E-state index in [0.29, 0.717) is 26.3 Å². The number of carbonyl (C=O) groups is 1. The highest BCUT2D eigenvalue weighted by molar-refractivity contribution is 7.89. The second kappa shape index (κ2) is 6.06. The topological polar surface area (TPSA) is 102 Å². The molecular formula is C11H14ClN3O4S. The van der Waals surface area contributed by atoms with Crippen LogP contribution in [0.1, 0.15) is 10.4 Å². The SMILES string of the molecule is NS(=O)(=O)c1cc(C(=O)NN2CCOCC2)ccc1Cl. The van der Waals surface area contributed by atoms with Crippen molar-refractivity contribution in [3.63, 3.8) is 0 Å². The van der Waals surface area contributed by atoms with E-state index in [1.54, 1.807) is 5.01 Å². The molecule has 0 bridgehead atoms. The Morgan fingerprint density at radius 2 is 2.00 bits per heavy atom. The van der Waals surface area contributed by atoms with Gasteiger partial charge in [-0.05, 0) is 18.2 Å². The van der Waals surface area contributed by atoms with E-state index in [9.17, 15) is 13.2 Å². The van der Waals surface area contributed by atoms with Crippen molar-refractivity contribution in [1.29, 1.82) is 0 Å². The Hall–Kier alpha value is -1.19. The molecule has 1 aliphatic rings. The molecule has 0 spiro atoms. The number of hydrogen-bond acceptors (Lipinski definition) is 5. The molecule has 1 heterocycles. The third kappa shape index (κ3) is 3.68. The molecule has 1 saturated heterocycles. The number of hydrazine groups is 1. The maximum Gasteiger partial charge on any atom is 0.265 e. The van der Waals surface area contributed by atoms with Gasteiger partial charge in [-0.1, -0.05) is 11.6 Å². The molecule has 2 rings (SSSR count). The number of hydrogen-bond donors (Lipinski definition) is 2. The fourth-order valence-electron chi connectivity index (χ4n) is 1.75. The lowest BCUT2D eigenvalue weighted by Gasteiger charge is -2.26. The molecule has 1 aromatic rings. The third-order valence-corrected chi connectivity index (χ3v) is 4.16. The van der Waals surface area contributed by atoms with Gasteiger partial charge in [0.05, 0.1) is 18.2 Å². The van der Waals surface area contributed by atoms with Crippen molar-refractivity contribution in [2.75, 3.05) is 26.3 Å². The lowest BCUT2D eigenvalue weighted by atomic mass is 10.2. The molecule has 1 aliphatic heterocycles. The van der Waals surface area contributed by atoms with E-state index in [2.05, 4.69) is 5.43 Å². The van der Waals surface area contributed by atoms with E-state index in [1.807, 2.05) is 0 Å². The largest absolute Gasteiger partial charge is 0.379 e. The van der Waals surface area contributed by atoms with Gasteiger partial charge in [-0.3, -0.25) is 10.2 Å². The quantitative estimate of drug-likeness (QED) is 0.814. The van der Waals surface area contributed by atoms with E-state index in [1.165, 1.54) is 12.1 Å². The number of amides is 1. The first-order chi connectivity index (χ1) is 9.38. The van der Waals surface area contributed by atoms with E-state index in [-0.39, 0.29) is 15.5 Å². The molecule has 0 aromatic heterocycles. The van der Waals surface area contributed by atoms with Crippen LogP contribution >= 0.6 is 11.6 Å². The van der Waals surface area contributed by atoms with Gasteiger partial charge in [-0.25, -0.2) is 18.6 Å². The third-order valence-electron chi connectivity index (χ3n) is 2.77. The summed E-state index contributed by atoms with van der Waals surface area (Å²) in [7, 11) is -3.97. The number of ether oxygens (including phenoxy) is 1. The predicted octanol–water partition coefficient (Wildman–Crippen LogP) is -0.0356. The second-order valence-electron chi connectivity index (χ2n) is 4.23. The highest BCUT2D eigenvalue weighted by Gasteiger charge is 2.18. The van der Waals surface area contributed by atoms with Crippen LogP contribution in [0, 0.1) is 0 Å². The summed E-state index contributed by atoms with van der Waals surface area (Å²) in [5.74, 6) is -0.423. The molecule has 7 nitrogen and oxygen atoms in total. The minimum Gasteiger partial charge on any atom is -0.379 e. The Balaban J connectivity index is 2.18. The maximum absolute atomic E-state index is 12.0. The average molecular weight is 320 g/mol. The van der Waals surface area contributed by atoms with Crippen molar-refractivity contribution in [2.45, 2.75) is 4.90 Å². The van der Waals surface area contributed by atoms with Crippen LogP contribution in [0.2, 0.25) is 5.02 Å². The molecule has 0 atom stereocenters. The van der Waals surface area contributed by atoms with Gasteiger partial charge in [0.15, 0.2) is 0 Å². The van der Waals surface area contributed by atoms with E-state index >= 15 is 0 Å². The minimum absolute atomic E-state index is 0.0181. The van der Waals surface area contributed by atoms with Gasteiger partial charge >= 0.3 is 0 Å². The summed E-state index contributed by atoms with van der Waals surface area (Å²) >= 11 is 5.76. The maximum atomic E-state index is 12.0. The summed E-state index contributed by atoms with van der Waals surface area (Å²) in [6, 6.07) is 3.93. The number of benzene rings is 1. The molecule has 0 aliphatic carbocycles. The van der Waals surface area contributed by atoms with Crippen LogP contribution in [-0.4, -0.2) is 45.6 Å². The predicted molar refractivity (Wildman–Crippen MR) is 72.7 cm³/mol. The Bertz CT molecular complexity index is 614. The van der Waals surface area contributed by atoms with Crippen LogP contribution in [0.15, 0.2) is 23.1 Å². The average Bonchev–Trinajstić information content (AvgIpc) is 2.39. The van der Waals surface area contributed by atoms with Crippen LogP contribution in [0.5, 0.6) is 0 Å². The Kier molecular flexibility index (Phi) is 4.61. The van der Waals surface area contributed by atoms with Gasteiger partial charge in [0.2, 0.25) is 10.0 Å². The van der Waals surface area contributed by atoms with Crippen LogP contribution in [0.25, 0.3) is 0 Å². The molecule has 110 valence electrons. The molecule has 20 heavy (non-hydrogen) atoms. The number of nitrogens with zero attached hydrogens (tertiary/aromatic N) is 1. The summed E-state index contributed by atoms with van der Waals surface area (Å²) in [6.45, 7) is 2.20. The zero-order valence-electron chi connectivity index (χ0n) is 10.5. The molecular weight excluding hydrogens is 306 g/mol. The molecule has 0 radical (unpaired) electrons. The number of primary sulfonamides is 1. The number of halogens is 1. The van der Waals surface area contributed by atoms with Crippen LogP contribution in [-0.2, 0) is 14.8 Å². The lowest BCUT2D eigenvalue weighted by molar-refractivity contribution is 0.0126. The molecule has 1 aromatic carbocycles. The van der Waals surface area contributed by atoms with Crippen LogP contribution < -0.4 is 10.6 Å². The van der Waals surface area contributed by atoms with Crippen molar-refractivity contribution in [2.24, 2.45) is 5.14 Å². The van der Waals surface area contributed by atoms with Crippen LogP contribution in [0.4, 0.5) is 0 Å². The van der Waals surface area contributed by atoms with Crippen molar-refractivity contribution in [3.05, 3.63) is 28.8 Å². The summed E-state index contributed by atoms with van der Waals surface area (Å²) in [6.07, 6.45) is 0. The lowest BCUT2D eigenvalue weighted by Crippen LogP contribution is -2.48. The van der Waals surface area contributed by atoms with Gasteiger partial charge in [-0.15, -0.1) is 0 Å². The standard InChI is InChI=1S/C11H14ClN3O4S/c12-9-2-1-8(7-10(9)20(13,17)18)11(16)14-15-3-5-19-6-4-15/h1-2,7H,3-6H2,(H,14,16)(H2,13,17,18). The highest BCUT2D eigenvalue weighted by atomic mass is 35.5. The van der Waals surface area contributed by atoms with Gasteiger partial charge in [-0.2, -0.15) is 0 Å². The molecule has 0 unspecified atom stereocenters. The Labute approximate surface area is 121 Å². The van der Waals surface area contributed by atoms with Gasteiger partial charge in [0, 0.05) is 18.7 Å². The van der Waals surface area contributed by atoms with Gasteiger partial charge < -0.3 is 4.74 Å². The molecule has 0 saturated carbocycles. The number of morpholine rings is 1. The number of carbonyl (C=O) groups excluding carboxylic acids is 1. The molecule has 1 fully saturated rings. The normalized spacial score (nSPS) is 16.9. The first kappa shape index (κ1) is 15.2. The number of nitrogens with one attached hydrogen (secondary N) is 1. The summed E-state index contributed by atoms with van der Waals surface area (Å²) in [5, 5.41) is 6.73. The minimum atomic E-state index is -3.97. The number of rotatable bonds is 3. The van der Waals surface area contributed by atoms with E-state index in [4.69, 9.17) is 21.5 Å². The summed E-state index contributed by atoms with van der Waals surface area (Å²) in [5.41, 5.74) is 2.84. The molecule has 1 amide bonds. The highest BCUT2D eigenvalue weighted by Crippen LogP contribution is 2.21. The zero-order chi connectivity index (χ0) is 14.8. The van der Waals surface area contributed by atoms with Crippen molar-refractivity contribution >= 4 is 27.5 Å². The summed E-state index contributed by atoms with van der Waals surface area (Å²) in [4.78, 5) is 11.8. The first-order valence-corrected chi connectivity index (χ1v) is 7.76. The van der Waals surface area contributed by atoms with Crippen molar-refractivity contribution in [1.82, 2.24) is 10.4 Å². The van der Waals surface area contributed by atoms with Gasteiger partial charge in [0.1, 0.15) is 4.90 Å². The first-order valence-electron chi connectivity index (χ1n) is 5.84. The van der Waals surface area contributed by atoms with Gasteiger partial charge in [0.25, 0.3) is 5.91 Å². The van der Waals surface area contributed by atoms with E-state index in [0.717, 1.165) is 6.07 Å². The van der Waals surface area contributed by atoms with Crippen molar-refractivity contribution in [3.8, 4) is 0 Å². The second-order valence-corrected chi connectivity index (χ2v) is 6.17. The number of nitrogens with two attached hydrogens (primary N) is 1. The monoisotopic (exact) mass is 319 g/mol. The van der Waals surface area contributed by atoms with Crippen molar-refractivity contribution < 1.29 is 17.9 Å². The zero-order valence-corrected chi connectivity index (χ0v) is 12.1. The van der Waals surface area contributed by atoms with E-state index < -0.39 is 15.9 Å². The number of sulfonamides is 1. The summed E-state index contributed by atoms with van der Waals surface area (Å²) < 4.78 is 27.9. The Morgan fingerprint density at radius 3 is 2.60 bits per heavy atom.